The standard InChI is InChI=1S/C18H15N3OS/c1-22-15-7-4-13(5-8-15)17-9-6-14-11-19-21(18(14)20-17)12-16-3-2-10-23-16/h2-11H,12H2,1H3. The van der Waals surface area contributed by atoms with E-state index in [4.69, 9.17) is 9.72 Å². The second kappa shape index (κ2) is 5.85. The van der Waals surface area contributed by atoms with Crippen molar-refractivity contribution in [3.8, 4) is 17.0 Å². The van der Waals surface area contributed by atoms with Crippen molar-refractivity contribution in [3.63, 3.8) is 0 Å². The molecule has 0 fully saturated rings. The number of rotatable bonds is 4. The average Bonchev–Trinajstić information content (AvgIpc) is 3.25. The van der Waals surface area contributed by atoms with Crippen molar-refractivity contribution in [2.45, 2.75) is 6.54 Å². The molecular formula is C18H15N3OS. The van der Waals surface area contributed by atoms with E-state index >= 15 is 0 Å². The fraction of sp³-hybridized carbons (Fsp3) is 0.111. The van der Waals surface area contributed by atoms with Crippen molar-refractivity contribution in [2.75, 3.05) is 7.11 Å². The number of methoxy groups -OCH3 is 1. The molecule has 0 unspecified atom stereocenters. The van der Waals surface area contributed by atoms with Gasteiger partial charge in [0.15, 0.2) is 5.65 Å². The maximum Gasteiger partial charge on any atom is 0.158 e. The van der Waals surface area contributed by atoms with Crippen LogP contribution in [-0.2, 0) is 6.54 Å². The minimum absolute atomic E-state index is 0.750. The van der Waals surface area contributed by atoms with Gasteiger partial charge >= 0.3 is 0 Å². The number of hydrogen-bond donors (Lipinski definition) is 0. The molecule has 0 radical (unpaired) electrons. The first-order chi connectivity index (χ1) is 11.3. The largest absolute Gasteiger partial charge is 0.497 e. The summed E-state index contributed by atoms with van der Waals surface area (Å²) < 4.78 is 7.16. The molecule has 0 amide bonds. The molecular weight excluding hydrogens is 306 g/mol. The quantitative estimate of drug-likeness (QED) is 0.565. The summed E-state index contributed by atoms with van der Waals surface area (Å²) in [4.78, 5) is 6.08. The Hall–Kier alpha value is -2.66. The Balaban J connectivity index is 1.73. The van der Waals surface area contributed by atoms with Crippen molar-refractivity contribution in [2.24, 2.45) is 0 Å². The molecule has 0 saturated carbocycles. The van der Waals surface area contributed by atoms with E-state index in [-0.39, 0.29) is 0 Å². The minimum Gasteiger partial charge on any atom is -0.497 e. The number of fused-ring (bicyclic) bond motifs is 1. The first kappa shape index (κ1) is 14.0. The van der Waals surface area contributed by atoms with Crippen LogP contribution in [0.5, 0.6) is 5.75 Å². The van der Waals surface area contributed by atoms with Gasteiger partial charge < -0.3 is 4.74 Å². The lowest BCUT2D eigenvalue weighted by atomic mass is 10.1. The van der Waals surface area contributed by atoms with Crippen molar-refractivity contribution in [3.05, 3.63) is 65.0 Å². The fourth-order valence-corrected chi connectivity index (χ4v) is 3.23. The Morgan fingerprint density at radius 1 is 1.09 bits per heavy atom. The number of nitrogens with zero attached hydrogens (tertiary/aromatic N) is 3. The SMILES string of the molecule is COc1ccc(-c2ccc3cnn(Cc4cccs4)c3n2)cc1. The predicted octanol–water partition coefficient (Wildman–Crippen LogP) is 4.22. The molecule has 23 heavy (non-hydrogen) atoms. The van der Waals surface area contributed by atoms with Crippen LogP contribution in [0.15, 0.2) is 60.1 Å². The van der Waals surface area contributed by atoms with Gasteiger partial charge in [0.2, 0.25) is 0 Å². The maximum atomic E-state index is 5.21. The topological polar surface area (TPSA) is 39.9 Å². The molecule has 114 valence electrons. The molecule has 0 aliphatic heterocycles. The zero-order valence-corrected chi connectivity index (χ0v) is 13.5. The van der Waals surface area contributed by atoms with Crippen LogP contribution in [0.1, 0.15) is 4.88 Å². The lowest BCUT2D eigenvalue weighted by Gasteiger charge is -2.05. The van der Waals surface area contributed by atoms with Crippen LogP contribution >= 0.6 is 11.3 Å². The van der Waals surface area contributed by atoms with Gasteiger partial charge in [0, 0.05) is 15.8 Å². The maximum absolute atomic E-state index is 5.21. The van der Waals surface area contributed by atoms with E-state index in [9.17, 15) is 0 Å². The van der Waals surface area contributed by atoms with Gasteiger partial charge in [-0.25, -0.2) is 9.67 Å². The average molecular weight is 321 g/mol. The van der Waals surface area contributed by atoms with Gasteiger partial charge in [-0.2, -0.15) is 5.10 Å². The highest BCUT2D eigenvalue weighted by Gasteiger charge is 2.08. The van der Waals surface area contributed by atoms with Gasteiger partial charge in [-0.1, -0.05) is 6.07 Å². The highest BCUT2D eigenvalue weighted by molar-refractivity contribution is 7.09. The molecule has 5 heteroatoms. The number of hydrogen-bond acceptors (Lipinski definition) is 4. The van der Waals surface area contributed by atoms with E-state index in [1.165, 1.54) is 4.88 Å². The number of pyridine rings is 1. The summed E-state index contributed by atoms with van der Waals surface area (Å²) in [5.74, 6) is 0.845. The Kier molecular flexibility index (Phi) is 3.55. The Bertz CT molecular complexity index is 927. The zero-order chi connectivity index (χ0) is 15.6. The first-order valence-corrected chi connectivity index (χ1v) is 8.21. The lowest BCUT2D eigenvalue weighted by Crippen LogP contribution is -2.01. The van der Waals surface area contributed by atoms with E-state index in [1.807, 2.05) is 41.2 Å². The molecule has 4 rings (SSSR count). The summed E-state index contributed by atoms with van der Waals surface area (Å²) in [6.45, 7) is 0.750. The first-order valence-electron chi connectivity index (χ1n) is 7.33. The zero-order valence-electron chi connectivity index (χ0n) is 12.6. The molecule has 4 nitrogen and oxygen atoms in total. The van der Waals surface area contributed by atoms with E-state index in [2.05, 4.69) is 28.7 Å². The van der Waals surface area contributed by atoms with Crippen molar-refractivity contribution >= 4 is 22.4 Å². The molecule has 0 bridgehead atoms. The normalized spacial score (nSPS) is 11.0. The Labute approximate surface area is 138 Å². The van der Waals surface area contributed by atoms with Crippen LogP contribution in [0.4, 0.5) is 0 Å². The summed E-state index contributed by atoms with van der Waals surface area (Å²) in [5.41, 5.74) is 2.91. The summed E-state index contributed by atoms with van der Waals surface area (Å²) >= 11 is 1.73. The highest BCUT2D eigenvalue weighted by atomic mass is 32.1. The third-order valence-corrected chi connectivity index (χ3v) is 4.62. The van der Waals surface area contributed by atoms with Crippen LogP contribution in [0.25, 0.3) is 22.3 Å². The van der Waals surface area contributed by atoms with Gasteiger partial charge in [0.05, 0.1) is 25.5 Å². The lowest BCUT2D eigenvalue weighted by molar-refractivity contribution is 0.415. The Morgan fingerprint density at radius 2 is 1.96 bits per heavy atom. The highest BCUT2D eigenvalue weighted by Crippen LogP contribution is 2.24. The third kappa shape index (κ3) is 2.71. The predicted molar refractivity (Wildman–Crippen MR) is 92.9 cm³/mol. The smallest absolute Gasteiger partial charge is 0.158 e. The third-order valence-electron chi connectivity index (χ3n) is 3.76. The molecule has 3 heterocycles. The second-order valence-electron chi connectivity index (χ2n) is 5.22. The van der Waals surface area contributed by atoms with Gasteiger partial charge in [-0.15, -0.1) is 11.3 Å². The molecule has 1 aromatic carbocycles. The molecule has 0 spiro atoms. The molecule has 0 atom stereocenters. The summed E-state index contributed by atoms with van der Waals surface area (Å²) in [5, 5.41) is 7.61. The van der Waals surface area contributed by atoms with Crippen molar-refractivity contribution in [1.82, 2.24) is 14.8 Å². The number of ether oxygens (including phenoxy) is 1. The van der Waals surface area contributed by atoms with Gasteiger partial charge in [-0.3, -0.25) is 0 Å². The van der Waals surface area contributed by atoms with E-state index in [1.54, 1.807) is 18.4 Å². The second-order valence-corrected chi connectivity index (χ2v) is 6.25. The molecule has 0 N–H and O–H groups in total. The summed E-state index contributed by atoms with van der Waals surface area (Å²) in [6, 6.07) is 16.2. The van der Waals surface area contributed by atoms with Gasteiger partial charge in [0.25, 0.3) is 0 Å². The van der Waals surface area contributed by atoms with Crippen LogP contribution in [-0.4, -0.2) is 21.9 Å². The van der Waals surface area contributed by atoms with Crippen LogP contribution in [0, 0.1) is 0 Å². The number of aromatic nitrogens is 3. The van der Waals surface area contributed by atoms with E-state index < -0.39 is 0 Å². The monoisotopic (exact) mass is 321 g/mol. The van der Waals surface area contributed by atoms with Crippen molar-refractivity contribution < 1.29 is 4.74 Å². The van der Waals surface area contributed by atoms with E-state index in [0.29, 0.717) is 0 Å². The minimum atomic E-state index is 0.750. The summed E-state index contributed by atoms with van der Waals surface area (Å²) in [6.07, 6.45) is 1.87. The van der Waals surface area contributed by atoms with Crippen LogP contribution in [0.2, 0.25) is 0 Å². The molecule has 3 aromatic heterocycles. The van der Waals surface area contributed by atoms with Crippen LogP contribution < -0.4 is 4.74 Å². The molecule has 0 aliphatic rings. The summed E-state index contributed by atoms with van der Waals surface area (Å²) in [7, 11) is 1.67. The van der Waals surface area contributed by atoms with E-state index in [0.717, 1.165) is 34.6 Å². The number of benzene rings is 1. The fourth-order valence-electron chi connectivity index (χ4n) is 2.54. The molecule has 4 aromatic rings. The molecule has 0 aliphatic carbocycles. The van der Waals surface area contributed by atoms with Gasteiger partial charge in [-0.05, 0) is 47.8 Å². The Morgan fingerprint density at radius 3 is 2.70 bits per heavy atom. The van der Waals surface area contributed by atoms with Crippen molar-refractivity contribution in [1.29, 1.82) is 0 Å². The molecule has 0 saturated heterocycles. The van der Waals surface area contributed by atoms with Crippen LogP contribution in [0.3, 0.4) is 0 Å². The number of thiophene rings is 1. The van der Waals surface area contributed by atoms with Gasteiger partial charge in [0.1, 0.15) is 5.75 Å².